The molecule has 0 atom stereocenters. The third-order valence-electron chi connectivity index (χ3n) is 1.63. The standard InChI is InChI=1S/C7H11ClN4/c1-3-6-5(4-10-9)7(8)12(2)11-6/h4H,3,9H2,1-2H3/b10-4+. The van der Waals surface area contributed by atoms with Crippen molar-refractivity contribution >= 4 is 17.8 Å². The van der Waals surface area contributed by atoms with E-state index in [0.29, 0.717) is 5.15 Å². The number of rotatable bonds is 2. The van der Waals surface area contributed by atoms with E-state index >= 15 is 0 Å². The van der Waals surface area contributed by atoms with E-state index in [9.17, 15) is 0 Å². The number of nitrogens with zero attached hydrogens (tertiary/aromatic N) is 3. The van der Waals surface area contributed by atoms with Gasteiger partial charge < -0.3 is 5.84 Å². The largest absolute Gasteiger partial charge is 0.323 e. The van der Waals surface area contributed by atoms with E-state index in [0.717, 1.165) is 17.7 Å². The zero-order chi connectivity index (χ0) is 9.14. The van der Waals surface area contributed by atoms with Crippen LogP contribution in [0.5, 0.6) is 0 Å². The Morgan fingerprint density at radius 1 is 1.75 bits per heavy atom. The Balaban J connectivity index is 3.21. The van der Waals surface area contributed by atoms with E-state index < -0.39 is 0 Å². The predicted molar refractivity (Wildman–Crippen MR) is 49.4 cm³/mol. The molecule has 0 aliphatic carbocycles. The summed E-state index contributed by atoms with van der Waals surface area (Å²) in [5.74, 6) is 5.04. The number of aryl methyl sites for hydroxylation is 2. The highest BCUT2D eigenvalue weighted by Gasteiger charge is 2.10. The molecular weight excluding hydrogens is 176 g/mol. The minimum absolute atomic E-state index is 0.570. The molecular formula is C7H11ClN4. The average Bonchev–Trinajstić information content (AvgIpc) is 2.33. The number of nitrogens with two attached hydrogens (primary N) is 1. The Hall–Kier alpha value is -1.03. The molecule has 1 aromatic heterocycles. The van der Waals surface area contributed by atoms with Gasteiger partial charge in [0.15, 0.2) is 0 Å². The van der Waals surface area contributed by atoms with E-state index in [1.165, 1.54) is 6.21 Å². The quantitative estimate of drug-likeness (QED) is 0.425. The van der Waals surface area contributed by atoms with Gasteiger partial charge in [0, 0.05) is 7.05 Å². The van der Waals surface area contributed by atoms with Crippen LogP contribution in [0.1, 0.15) is 18.2 Å². The van der Waals surface area contributed by atoms with Crippen LogP contribution in [0.15, 0.2) is 5.10 Å². The molecule has 66 valence electrons. The van der Waals surface area contributed by atoms with Crippen LogP contribution < -0.4 is 5.84 Å². The van der Waals surface area contributed by atoms with Crippen molar-refractivity contribution in [3.05, 3.63) is 16.4 Å². The zero-order valence-corrected chi connectivity index (χ0v) is 7.84. The maximum Gasteiger partial charge on any atom is 0.135 e. The van der Waals surface area contributed by atoms with E-state index in [4.69, 9.17) is 17.4 Å². The Bertz CT molecular complexity index is 303. The molecule has 0 aliphatic heterocycles. The van der Waals surface area contributed by atoms with Gasteiger partial charge in [-0.05, 0) is 6.42 Å². The molecule has 1 rings (SSSR count). The van der Waals surface area contributed by atoms with Gasteiger partial charge in [-0.3, -0.25) is 4.68 Å². The van der Waals surface area contributed by atoms with E-state index in [1.54, 1.807) is 11.7 Å². The second-order valence-corrected chi connectivity index (χ2v) is 2.76. The number of aromatic nitrogens is 2. The molecule has 12 heavy (non-hydrogen) atoms. The van der Waals surface area contributed by atoms with E-state index in [1.807, 2.05) is 6.92 Å². The molecule has 0 aromatic carbocycles. The molecule has 4 nitrogen and oxygen atoms in total. The second kappa shape index (κ2) is 3.58. The smallest absolute Gasteiger partial charge is 0.135 e. The first-order valence-corrected chi connectivity index (χ1v) is 4.03. The Morgan fingerprint density at radius 3 is 2.92 bits per heavy atom. The Morgan fingerprint density at radius 2 is 2.42 bits per heavy atom. The fourth-order valence-corrected chi connectivity index (χ4v) is 1.23. The topological polar surface area (TPSA) is 56.2 Å². The molecule has 0 aliphatic rings. The van der Waals surface area contributed by atoms with Gasteiger partial charge in [-0.1, -0.05) is 18.5 Å². The minimum atomic E-state index is 0.570. The van der Waals surface area contributed by atoms with Gasteiger partial charge >= 0.3 is 0 Å². The van der Waals surface area contributed by atoms with Crippen molar-refractivity contribution in [2.24, 2.45) is 18.0 Å². The van der Waals surface area contributed by atoms with Crippen LogP contribution in [0.2, 0.25) is 5.15 Å². The van der Waals surface area contributed by atoms with Crippen molar-refractivity contribution in [3.63, 3.8) is 0 Å². The van der Waals surface area contributed by atoms with Crippen molar-refractivity contribution < 1.29 is 0 Å². The molecule has 0 fully saturated rings. The maximum absolute atomic E-state index is 5.93. The highest BCUT2D eigenvalue weighted by atomic mass is 35.5. The van der Waals surface area contributed by atoms with Crippen LogP contribution in [0, 0.1) is 0 Å². The molecule has 0 radical (unpaired) electrons. The van der Waals surface area contributed by atoms with Crippen LogP contribution in [0.25, 0.3) is 0 Å². The minimum Gasteiger partial charge on any atom is -0.323 e. The van der Waals surface area contributed by atoms with Gasteiger partial charge in [0.05, 0.1) is 17.5 Å². The summed E-state index contributed by atoms with van der Waals surface area (Å²) in [7, 11) is 1.79. The molecule has 5 heteroatoms. The summed E-state index contributed by atoms with van der Waals surface area (Å²) in [5, 5.41) is 8.18. The highest BCUT2D eigenvalue weighted by molar-refractivity contribution is 6.32. The summed E-state index contributed by atoms with van der Waals surface area (Å²) in [4.78, 5) is 0. The van der Waals surface area contributed by atoms with Crippen molar-refractivity contribution in [1.82, 2.24) is 9.78 Å². The van der Waals surface area contributed by atoms with Crippen molar-refractivity contribution in [3.8, 4) is 0 Å². The first-order chi connectivity index (χ1) is 5.70. The number of halogens is 1. The lowest BCUT2D eigenvalue weighted by molar-refractivity contribution is 0.747. The summed E-state index contributed by atoms with van der Waals surface area (Å²) >= 11 is 5.93. The first kappa shape index (κ1) is 9.06. The van der Waals surface area contributed by atoms with Crippen LogP contribution in [0.3, 0.4) is 0 Å². The predicted octanol–water partition coefficient (Wildman–Crippen LogP) is 0.929. The van der Waals surface area contributed by atoms with Crippen molar-refractivity contribution in [2.75, 3.05) is 0 Å². The average molecular weight is 187 g/mol. The number of hydrazone groups is 1. The third kappa shape index (κ3) is 1.43. The van der Waals surface area contributed by atoms with Crippen LogP contribution in [-0.2, 0) is 13.5 Å². The fourth-order valence-electron chi connectivity index (χ4n) is 1.04. The van der Waals surface area contributed by atoms with Crippen molar-refractivity contribution in [2.45, 2.75) is 13.3 Å². The maximum atomic E-state index is 5.93. The summed E-state index contributed by atoms with van der Waals surface area (Å²) in [6, 6.07) is 0. The van der Waals surface area contributed by atoms with Gasteiger partial charge in [-0.2, -0.15) is 10.2 Å². The molecule has 2 N–H and O–H groups in total. The molecule has 0 amide bonds. The Labute approximate surface area is 76.0 Å². The monoisotopic (exact) mass is 186 g/mol. The molecule has 0 saturated carbocycles. The van der Waals surface area contributed by atoms with E-state index in [2.05, 4.69) is 10.2 Å². The normalized spacial score (nSPS) is 11.2. The highest BCUT2D eigenvalue weighted by Crippen LogP contribution is 2.17. The van der Waals surface area contributed by atoms with Crippen LogP contribution in [0.4, 0.5) is 0 Å². The van der Waals surface area contributed by atoms with Crippen molar-refractivity contribution in [1.29, 1.82) is 0 Å². The molecule has 0 saturated heterocycles. The lowest BCUT2D eigenvalue weighted by Gasteiger charge is -1.90. The molecule has 0 unspecified atom stereocenters. The van der Waals surface area contributed by atoms with E-state index in [-0.39, 0.29) is 0 Å². The summed E-state index contributed by atoms with van der Waals surface area (Å²) in [5.41, 5.74) is 1.72. The number of hydrogen-bond acceptors (Lipinski definition) is 3. The molecule has 1 aromatic rings. The third-order valence-corrected chi connectivity index (χ3v) is 2.07. The SMILES string of the molecule is CCc1nn(C)c(Cl)c1/C=N/N. The van der Waals surface area contributed by atoms with Gasteiger partial charge in [0.1, 0.15) is 5.15 Å². The first-order valence-electron chi connectivity index (χ1n) is 3.65. The van der Waals surface area contributed by atoms with Crippen LogP contribution >= 0.6 is 11.6 Å². The van der Waals surface area contributed by atoms with Gasteiger partial charge in [-0.25, -0.2) is 0 Å². The lowest BCUT2D eigenvalue weighted by atomic mass is 10.2. The van der Waals surface area contributed by atoms with Gasteiger partial charge in [0.25, 0.3) is 0 Å². The lowest BCUT2D eigenvalue weighted by Crippen LogP contribution is -1.90. The number of hydrogen-bond donors (Lipinski definition) is 1. The Kier molecular flexibility index (Phi) is 2.70. The molecule has 0 spiro atoms. The zero-order valence-electron chi connectivity index (χ0n) is 7.08. The summed E-state index contributed by atoms with van der Waals surface area (Å²) < 4.78 is 1.61. The summed E-state index contributed by atoms with van der Waals surface area (Å²) in [6.07, 6.45) is 2.34. The fraction of sp³-hybridized carbons (Fsp3) is 0.429. The molecule has 1 heterocycles. The molecule has 0 bridgehead atoms. The summed E-state index contributed by atoms with van der Waals surface area (Å²) in [6.45, 7) is 2.01. The van der Waals surface area contributed by atoms with Gasteiger partial charge in [0.2, 0.25) is 0 Å². The van der Waals surface area contributed by atoms with Gasteiger partial charge in [-0.15, -0.1) is 0 Å². The van der Waals surface area contributed by atoms with Crippen LogP contribution in [-0.4, -0.2) is 16.0 Å². The second-order valence-electron chi connectivity index (χ2n) is 2.41.